The van der Waals surface area contributed by atoms with Gasteiger partial charge in [0.25, 0.3) is 0 Å². The molecule has 1 aromatic carbocycles. The lowest BCUT2D eigenvalue weighted by atomic mass is 10.1. The normalized spacial score (nSPS) is 20.0. The van der Waals surface area contributed by atoms with Gasteiger partial charge in [-0.25, -0.2) is 0 Å². The van der Waals surface area contributed by atoms with Crippen LogP contribution in [0.4, 0.5) is 5.69 Å². The molecule has 1 saturated heterocycles. The molecule has 2 heterocycles. The Hall–Kier alpha value is -1.50. The molecule has 1 N–H and O–H groups in total. The molecule has 2 unspecified atom stereocenters. The highest BCUT2D eigenvalue weighted by molar-refractivity contribution is 7.92. The number of benzene rings is 1. The first kappa shape index (κ1) is 20.2. The van der Waals surface area contributed by atoms with Gasteiger partial charge in [-0.1, -0.05) is 12.8 Å². The van der Waals surface area contributed by atoms with Crippen molar-refractivity contribution in [2.45, 2.75) is 44.3 Å². The van der Waals surface area contributed by atoms with E-state index in [1.54, 1.807) is 7.11 Å². The first-order chi connectivity index (χ1) is 13.2. The minimum Gasteiger partial charge on any atom is -0.616 e. The molecule has 1 aliphatic heterocycles. The lowest BCUT2D eigenvalue weighted by molar-refractivity contribution is 0.135. The molecule has 0 bridgehead atoms. The molecular weight excluding hydrogens is 360 g/mol. The number of nitrogens with zero attached hydrogens (tertiary/aromatic N) is 1. The van der Waals surface area contributed by atoms with Crippen LogP contribution in [0, 0.1) is 6.92 Å². The zero-order valence-electron chi connectivity index (χ0n) is 16.3. The molecule has 0 spiro atoms. The molecule has 148 valence electrons. The van der Waals surface area contributed by atoms with E-state index < -0.39 is 11.2 Å². The van der Waals surface area contributed by atoms with Crippen LogP contribution in [0.1, 0.15) is 37.7 Å². The number of nitrogens with one attached hydrogen (secondary N) is 1. The molecule has 0 radical (unpaired) electrons. The number of rotatable bonds is 9. The molecule has 5 nitrogen and oxygen atoms in total. The number of fused-ring (bicyclic) bond motifs is 1. The Bertz CT molecular complexity index is 741. The fourth-order valence-electron chi connectivity index (χ4n) is 3.50. The van der Waals surface area contributed by atoms with E-state index >= 15 is 0 Å². The molecule has 27 heavy (non-hydrogen) atoms. The molecule has 0 aliphatic carbocycles. The molecule has 2 atom stereocenters. The predicted octanol–water partition coefficient (Wildman–Crippen LogP) is 4.06. The summed E-state index contributed by atoms with van der Waals surface area (Å²) in [4.78, 5) is 4.55. The summed E-state index contributed by atoms with van der Waals surface area (Å²) in [7, 11) is 1.70. The van der Waals surface area contributed by atoms with Crippen LogP contribution in [0.5, 0.6) is 5.75 Å². The van der Waals surface area contributed by atoms with Gasteiger partial charge in [0, 0.05) is 24.2 Å². The van der Waals surface area contributed by atoms with Crippen molar-refractivity contribution in [2.75, 3.05) is 37.9 Å². The third-order valence-electron chi connectivity index (χ3n) is 5.14. The van der Waals surface area contributed by atoms with E-state index in [9.17, 15) is 4.55 Å². The highest BCUT2D eigenvalue weighted by atomic mass is 32.2. The molecule has 3 rings (SSSR count). The zero-order chi connectivity index (χ0) is 19.1. The SMILES string of the molecule is COc1cc(NCCCCCCC2COCC[S+]2[O-])c2nccc(C)c2c1. The average Bonchev–Trinajstić information content (AvgIpc) is 2.68. The number of ether oxygens (including phenoxy) is 2. The van der Waals surface area contributed by atoms with Crippen LogP contribution in [0.25, 0.3) is 10.9 Å². The van der Waals surface area contributed by atoms with E-state index in [4.69, 9.17) is 9.47 Å². The summed E-state index contributed by atoms with van der Waals surface area (Å²) in [5.41, 5.74) is 3.23. The van der Waals surface area contributed by atoms with E-state index in [0.717, 1.165) is 48.1 Å². The Morgan fingerprint density at radius 3 is 2.96 bits per heavy atom. The van der Waals surface area contributed by atoms with Crippen molar-refractivity contribution >= 4 is 27.8 Å². The number of hydrogen-bond acceptors (Lipinski definition) is 5. The minimum absolute atomic E-state index is 0.245. The van der Waals surface area contributed by atoms with Crippen LogP contribution in [-0.2, 0) is 15.9 Å². The Morgan fingerprint density at radius 1 is 1.30 bits per heavy atom. The van der Waals surface area contributed by atoms with Gasteiger partial charge in [0.1, 0.15) is 16.8 Å². The van der Waals surface area contributed by atoms with E-state index in [-0.39, 0.29) is 5.25 Å². The lowest BCUT2D eigenvalue weighted by Gasteiger charge is -2.26. The van der Waals surface area contributed by atoms with Gasteiger partial charge in [0.05, 0.1) is 31.5 Å². The lowest BCUT2D eigenvalue weighted by Crippen LogP contribution is -2.35. The predicted molar refractivity (Wildman–Crippen MR) is 112 cm³/mol. The maximum Gasteiger partial charge on any atom is 0.138 e. The third kappa shape index (κ3) is 5.50. The first-order valence-electron chi connectivity index (χ1n) is 9.81. The van der Waals surface area contributed by atoms with Gasteiger partial charge in [-0.05, 0) is 55.1 Å². The largest absolute Gasteiger partial charge is 0.616 e. The van der Waals surface area contributed by atoms with Crippen LogP contribution in [0.2, 0.25) is 0 Å². The summed E-state index contributed by atoms with van der Waals surface area (Å²) in [6, 6.07) is 6.09. The number of unbranched alkanes of at least 4 members (excludes halogenated alkanes) is 3. The quantitative estimate of drug-likeness (QED) is 0.517. The molecule has 1 fully saturated rings. The zero-order valence-corrected chi connectivity index (χ0v) is 17.1. The van der Waals surface area contributed by atoms with Crippen molar-refractivity contribution in [3.8, 4) is 5.75 Å². The summed E-state index contributed by atoms with van der Waals surface area (Å²) in [6.07, 6.45) is 7.45. The van der Waals surface area contributed by atoms with Crippen molar-refractivity contribution in [1.29, 1.82) is 0 Å². The Balaban J connectivity index is 1.43. The summed E-state index contributed by atoms with van der Waals surface area (Å²) >= 11 is -0.687. The summed E-state index contributed by atoms with van der Waals surface area (Å²) < 4.78 is 22.8. The number of hydrogen-bond donors (Lipinski definition) is 1. The molecular formula is C21H30N2O3S. The highest BCUT2D eigenvalue weighted by Crippen LogP contribution is 2.29. The third-order valence-corrected chi connectivity index (χ3v) is 6.83. The average molecular weight is 391 g/mol. The van der Waals surface area contributed by atoms with Crippen LogP contribution < -0.4 is 10.1 Å². The smallest absolute Gasteiger partial charge is 0.138 e. The topological polar surface area (TPSA) is 66.4 Å². The number of pyridine rings is 1. The van der Waals surface area contributed by atoms with E-state index in [1.165, 1.54) is 18.4 Å². The Labute approximate surface area is 165 Å². The van der Waals surface area contributed by atoms with Gasteiger partial charge in [0.15, 0.2) is 0 Å². The first-order valence-corrected chi connectivity index (χ1v) is 11.2. The maximum absolute atomic E-state index is 11.9. The van der Waals surface area contributed by atoms with E-state index in [2.05, 4.69) is 17.2 Å². The summed E-state index contributed by atoms with van der Waals surface area (Å²) in [6.45, 7) is 4.33. The molecule has 2 aromatic rings. The standard InChI is InChI=1S/C21H30N2O3S/c1-16-8-10-23-21-19(16)13-17(25-2)14-20(21)22-9-6-4-3-5-7-18-15-26-11-12-27(18)24/h8,10,13-14,18,22H,3-7,9,11-12,15H2,1-2H3. The number of anilines is 1. The molecule has 6 heteroatoms. The van der Waals surface area contributed by atoms with Gasteiger partial charge in [-0.15, -0.1) is 0 Å². The minimum atomic E-state index is -0.687. The van der Waals surface area contributed by atoms with E-state index in [0.29, 0.717) is 19.0 Å². The summed E-state index contributed by atoms with van der Waals surface area (Å²) in [5.74, 6) is 1.56. The Kier molecular flexibility index (Phi) is 7.61. The Morgan fingerprint density at radius 2 is 2.15 bits per heavy atom. The second-order valence-electron chi connectivity index (χ2n) is 7.11. The molecule has 0 saturated carbocycles. The summed E-state index contributed by atoms with van der Waals surface area (Å²) in [5, 5.41) is 4.90. The second-order valence-corrected chi connectivity index (χ2v) is 8.95. The number of aromatic nitrogens is 1. The fraction of sp³-hybridized carbons (Fsp3) is 0.571. The van der Waals surface area contributed by atoms with Gasteiger partial charge < -0.3 is 19.3 Å². The van der Waals surface area contributed by atoms with Gasteiger partial charge >= 0.3 is 0 Å². The van der Waals surface area contributed by atoms with Crippen LogP contribution in [0.15, 0.2) is 24.4 Å². The van der Waals surface area contributed by atoms with E-state index in [1.807, 2.05) is 24.4 Å². The number of methoxy groups -OCH3 is 1. The van der Waals surface area contributed by atoms with Crippen molar-refractivity contribution in [3.05, 3.63) is 30.0 Å². The van der Waals surface area contributed by atoms with Gasteiger partial charge in [-0.2, -0.15) is 0 Å². The second kappa shape index (κ2) is 10.2. The van der Waals surface area contributed by atoms with Gasteiger partial charge in [-0.3, -0.25) is 4.98 Å². The van der Waals surface area contributed by atoms with Crippen molar-refractivity contribution in [2.24, 2.45) is 0 Å². The maximum atomic E-state index is 11.9. The molecule has 1 aromatic heterocycles. The molecule has 0 amide bonds. The van der Waals surface area contributed by atoms with Crippen molar-refractivity contribution < 1.29 is 14.0 Å². The van der Waals surface area contributed by atoms with Crippen LogP contribution in [-0.4, -0.2) is 47.4 Å². The monoisotopic (exact) mass is 390 g/mol. The van der Waals surface area contributed by atoms with Gasteiger partial charge in [0.2, 0.25) is 0 Å². The van der Waals surface area contributed by atoms with Crippen LogP contribution in [0.3, 0.4) is 0 Å². The fourth-order valence-corrected chi connectivity index (χ4v) is 4.79. The molecule has 1 aliphatic rings. The highest BCUT2D eigenvalue weighted by Gasteiger charge is 2.26. The van der Waals surface area contributed by atoms with Crippen LogP contribution >= 0.6 is 0 Å². The number of aryl methyl sites for hydroxylation is 1. The van der Waals surface area contributed by atoms with Crippen molar-refractivity contribution in [3.63, 3.8) is 0 Å². The van der Waals surface area contributed by atoms with Crippen molar-refractivity contribution in [1.82, 2.24) is 4.98 Å².